The van der Waals surface area contributed by atoms with Crippen LogP contribution in [0.25, 0.3) is 0 Å². The lowest BCUT2D eigenvalue weighted by Crippen LogP contribution is -2.24. The van der Waals surface area contributed by atoms with Crippen molar-refractivity contribution in [3.8, 4) is 5.06 Å². The van der Waals surface area contributed by atoms with Gasteiger partial charge in [0.15, 0.2) is 10.9 Å². The minimum atomic E-state index is -1.05. The van der Waals surface area contributed by atoms with E-state index in [0.717, 1.165) is 33.2 Å². The van der Waals surface area contributed by atoms with Crippen molar-refractivity contribution in [3.05, 3.63) is 11.1 Å². The third kappa shape index (κ3) is 2.32. The van der Waals surface area contributed by atoms with Gasteiger partial charge in [-0.05, 0) is 12.3 Å². The second-order valence-electron chi connectivity index (χ2n) is 5.64. The van der Waals surface area contributed by atoms with Crippen molar-refractivity contribution in [1.82, 2.24) is 0 Å². The summed E-state index contributed by atoms with van der Waals surface area (Å²) in [4.78, 5) is 0. The molecule has 0 radical (unpaired) electrons. The molecule has 112 valence electrons. The zero-order valence-corrected chi connectivity index (χ0v) is 13.7. The summed E-state index contributed by atoms with van der Waals surface area (Å²) in [5, 5.41) is 0.898. The zero-order valence-electron chi connectivity index (χ0n) is 12.1. The molecule has 0 aromatic carbocycles. The molecule has 0 bridgehead atoms. The Morgan fingerprint density at radius 2 is 2.10 bits per heavy atom. The van der Waals surface area contributed by atoms with Gasteiger partial charge in [-0.15, -0.1) is 0 Å². The van der Waals surface area contributed by atoms with E-state index in [-0.39, 0.29) is 0 Å². The number of fused-ring (bicyclic) bond motifs is 2. The molecule has 2 aliphatic rings. The van der Waals surface area contributed by atoms with E-state index in [1.165, 1.54) is 11.3 Å². The summed E-state index contributed by atoms with van der Waals surface area (Å²) in [7, 11) is -1.05. The van der Waals surface area contributed by atoms with E-state index >= 15 is 0 Å². The molecule has 1 saturated heterocycles. The predicted octanol–water partition coefficient (Wildman–Crippen LogP) is 2.67. The fourth-order valence-corrected chi connectivity index (χ4v) is 5.02. The van der Waals surface area contributed by atoms with Crippen LogP contribution >= 0.6 is 11.3 Å². The maximum absolute atomic E-state index is 12.1. The SMILES string of the molecule is CC(C)COc1sc(S(C)=O)c2c1CCC21OCCO1. The number of hydrogen-bond acceptors (Lipinski definition) is 5. The largest absolute Gasteiger partial charge is 0.483 e. The van der Waals surface area contributed by atoms with Crippen molar-refractivity contribution in [2.24, 2.45) is 5.92 Å². The minimum absolute atomic E-state index is 0.470. The monoisotopic (exact) mass is 316 g/mol. The second-order valence-corrected chi connectivity index (χ2v) is 8.20. The topological polar surface area (TPSA) is 44.8 Å². The van der Waals surface area contributed by atoms with Gasteiger partial charge in [0, 0.05) is 23.8 Å². The molecule has 1 aromatic rings. The average molecular weight is 316 g/mol. The average Bonchev–Trinajstić information content (AvgIpc) is 3.07. The Hall–Kier alpha value is -0.430. The molecule has 4 nitrogen and oxygen atoms in total. The van der Waals surface area contributed by atoms with Crippen LogP contribution in [0.5, 0.6) is 5.06 Å². The third-order valence-electron chi connectivity index (χ3n) is 3.59. The van der Waals surface area contributed by atoms with Gasteiger partial charge in [0.05, 0.1) is 30.6 Å². The predicted molar refractivity (Wildman–Crippen MR) is 78.9 cm³/mol. The highest BCUT2D eigenvalue weighted by atomic mass is 32.2. The lowest BCUT2D eigenvalue weighted by atomic mass is 10.1. The van der Waals surface area contributed by atoms with Crippen molar-refractivity contribution in [3.63, 3.8) is 0 Å². The molecule has 0 saturated carbocycles. The molecule has 0 N–H and O–H groups in total. The van der Waals surface area contributed by atoms with Gasteiger partial charge in [0.25, 0.3) is 0 Å². The molecule has 6 heteroatoms. The van der Waals surface area contributed by atoms with Gasteiger partial charge in [-0.1, -0.05) is 25.2 Å². The Bertz CT molecular complexity index is 530. The van der Waals surface area contributed by atoms with Crippen LogP contribution in [0, 0.1) is 5.92 Å². The summed E-state index contributed by atoms with van der Waals surface area (Å²) in [6, 6.07) is 0. The molecular weight excluding hydrogens is 296 g/mol. The van der Waals surface area contributed by atoms with E-state index in [9.17, 15) is 4.21 Å². The lowest BCUT2D eigenvalue weighted by Gasteiger charge is -2.22. The Morgan fingerprint density at radius 3 is 2.70 bits per heavy atom. The summed E-state index contributed by atoms with van der Waals surface area (Å²) < 4.78 is 30.5. The zero-order chi connectivity index (χ0) is 14.3. The Kier molecular flexibility index (Phi) is 3.92. The van der Waals surface area contributed by atoms with E-state index in [1.807, 2.05) is 0 Å². The maximum atomic E-state index is 12.1. The smallest absolute Gasteiger partial charge is 0.197 e. The standard InChI is InChI=1S/C14H20O4S2/c1-9(2)8-16-12-10-4-5-14(17-6-7-18-14)11(10)13(19-12)20(3)15/h9H,4-8H2,1-3H3. The van der Waals surface area contributed by atoms with E-state index in [0.29, 0.717) is 25.7 Å². The van der Waals surface area contributed by atoms with Crippen molar-refractivity contribution in [2.75, 3.05) is 26.1 Å². The Balaban J connectivity index is 2.00. The highest BCUT2D eigenvalue weighted by Gasteiger charge is 2.49. The van der Waals surface area contributed by atoms with Gasteiger partial charge in [-0.25, -0.2) is 0 Å². The second kappa shape index (κ2) is 5.40. The van der Waals surface area contributed by atoms with Crippen molar-refractivity contribution < 1.29 is 18.4 Å². The van der Waals surface area contributed by atoms with E-state index < -0.39 is 16.6 Å². The molecule has 2 heterocycles. The lowest BCUT2D eigenvalue weighted by molar-refractivity contribution is -0.164. The number of ether oxygens (including phenoxy) is 3. The van der Waals surface area contributed by atoms with Crippen LogP contribution in [0.2, 0.25) is 0 Å². The third-order valence-corrected chi connectivity index (χ3v) is 6.20. The summed E-state index contributed by atoms with van der Waals surface area (Å²) >= 11 is 1.49. The maximum Gasteiger partial charge on any atom is 0.197 e. The van der Waals surface area contributed by atoms with Gasteiger partial charge in [0.1, 0.15) is 4.21 Å². The molecule has 0 amide bonds. The molecule has 1 atom stereocenters. The first-order valence-corrected chi connectivity index (χ1v) is 9.31. The highest BCUT2D eigenvalue weighted by Crippen LogP contribution is 2.53. The van der Waals surface area contributed by atoms with Crippen LogP contribution in [-0.2, 0) is 32.5 Å². The van der Waals surface area contributed by atoms with E-state index in [2.05, 4.69) is 13.8 Å². The molecule has 3 rings (SSSR count). The van der Waals surface area contributed by atoms with E-state index in [1.54, 1.807) is 6.26 Å². The van der Waals surface area contributed by atoms with Gasteiger partial charge >= 0.3 is 0 Å². The van der Waals surface area contributed by atoms with Gasteiger partial charge in [0.2, 0.25) is 0 Å². The fourth-order valence-electron chi connectivity index (χ4n) is 2.75. The summed E-state index contributed by atoms with van der Waals surface area (Å²) in [5.41, 5.74) is 2.13. The van der Waals surface area contributed by atoms with Crippen LogP contribution < -0.4 is 4.74 Å². The fraction of sp³-hybridized carbons (Fsp3) is 0.714. The van der Waals surface area contributed by atoms with Crippen LogP contribution in [0.3, 0.4) is 0 Å². The molecule has 1 aliphatic carbocycles. The van der Waals surface area contributed by atoms with Crippen molar-refractivity contribution >= 4 is 22.1 Å². The minimum Gasteiger partial charge on any atom is -0.483 e. The molecule has 1 aliphatic heterocycles. The Labute approximate surface area is 125 Å². The molecule has 20 heavy (non-hydrogen) atoms. The van der Waals surface area contributed by atoms with Crippen LogP contribution in [-0.4, -0.2) is 30.3 Å². The first-order valence-electron chi connectivity index (χ1n) is 6.94. The highest BCUT2D eigenvalue weighted by molar-refractivity contribution is 7.86. The summed E-state index contributed by atoms with van der Waals surface area (Å²) in [6.07, 6.45) is 3.38. The summed E-state index contributed by atoms with van der Waals surface area (Å²) in [6.45, 7) is 6.13. The normalized spacial score (nSPS) is 21.6. The quantitative estimate of drug-likeness (QED) is 0.857. The first-order chi connectivity index (χ1) is 9.53. The number of hydrogen-bond donors (Lipinski definition) is 0. The van der Waals surface area contributed by atoms with Crippen LogP contribution in [0.4, 0.5) is 0 Å². The van der Waals surface area contributed by atoms with E-state index in [4.69, 9.17) is 14.2 Å². The van der Waals surface area contributed by atoms with Crippen molar-refractivity contribution in [2.45, 2.75) is 36.7 Å². The molecule has 1 spiro atoms. The van der Waals surface area contributed by atoms with Crippen LogP contribution in [0.1, 0.15) is 31.4 Å². The Morgan fingerprint density at radius 1 is 1.40 bits per heavy atom. The first kappa shape index (κ1) is 14.5. The van der Waals surface area contributed by atoms with Gasteiger partial charge in [-0.3, -0.25) is 4.21 Å². The van der Waals surface area contributed by atoms with Crippen LogP contribution in [0.15, 0.2) is 4.21 Å². The molecule has 1 unspecified atom stereocenters. The summed E-state index contributed by atoms with van der Waals surface area (Å²) in [5.74, 6) is -0.190. The van der Waals surface area contributed by atoms with Gasteiger partial charge < -0.3 is 14.2 Å². The number of thiophene rings is 1. The number of rotatable bonds is 4. The molecular formula is C14H20O4S2. The molecule has 1 aromatic heterocycles. The van der Waals surface area contributed by atoms with Gasteiger partial charge in [-0.2, -0.15) is 0 Å². The molecule has 1 fully saturated rings. The van der Waals surface area contributed by atoms with Crippen molar-refractivity contribution in [1.29, 1.82) is 0 Å².